The summed E-state index contributed by atoms with van der Waals surface area (Å²) in [5.41, 5.74) is -0.400. The number of halogens is 2. The molecule has 142 valence electrons. The van der Waals surface area contributed by atoms with Crippen LogP contribution in [0.25, 0.3) is 0 Å². The van der Waals surface area contributed by atoms with Crippen molar-refractivity contribution < 1.29 is 32.8 Å². The topological polar surface area (TPSA) is 108 Å². The Morgan fingerprint density at radius 2 is 1.89 bits per heavy atom. The SMILES string of the molecule is C[C@H](Oc1ccc([N+](=O)[O-])cc1C=O)C(=O)Nc1ccccc1OC(F)F. The van der Waals surface area contributed by atoms with E-state index in [1.807, 2.05) is 0 Å². The van der Waals surface area contributed by atoms with Crippen molar-refractivity contribution in [3.05, 3.63) is 58.1 Å². The maximum absolute atomic E-state index is 12.4. The van der Waals surface area contributed by atoms with Crippen molar-refractivity contribution in [2.75, 3.05) is 5.32 Å². The first-order valence-corrected chi connectivity index (χ1v) is 7.56. The Hall–Kier alpha value is -3.56. The van der Waals surface area contributed by atoms with Crippen LogP contribution in [0.5, 0.6) is 11.5 Å². The fraction of sp³-hybridized carbons (Fsp3) is 0.176. The van der Waals surface area contributed by atoms with E-state index in [1.165, 1.54) is 37.3 Å². The second-order valence-corrected chi connectivity index (χ2v) is 5.22. The van der Waals surface area contributed by atoms with Gasteiger partial charge in [0.15, 0.2) is 12.4 Å². The largest absolute Gasteiger partial charge is 0.480 e. The average Bonchev–Trinajstić information content (AvgIpc) is 2.62. The van der Waals surface area contributed by atoms with Crippen LogP contribution in [0.3, 0.4) is 0 Å². The van der Waals surface area contributed by atoms with Gasteiger partial charge in [0.1, 0.15) is 11.5 Å². The Morgan fingerprint density at radius 1 is 1.19 bits per heavy atom. The summed E-state index contributed by atoms with van der Waals surface area (Å²) in [7, 11) is 0. The summed E-state index contributed by atoms with van der Waals surface area (Å²) >= 11 is 0. The number of rotatable bonds is 8. The van der Waals surface area contributed by atoms with E-state index in [2.05, 4.69) is 10.1 Å². The second kappa shape index (κ2) is 8.70. The molecular weight excluding hydrogens is 366 g/mol. The number of aldehydes is 1. The van der Waals surface area contributed by atoms with E-state index < -0.39 is 23.5 Å². The van der Waals surface area contributed by atoms with Crippen LogP contribution in [-0.2, 0) is 4.79 Å². The number of hydrogen-bond donors (Lipinski definition) is 1. The van der Waals surface area contributed by atoms with Crippen molar-refractivity contribution in [3.8, 4) is 11.5 Å². The van der Waals surface area contributed by atoms with Crippen molar-refractivity contribution in [1.82, 2.24) is 0 Å². The lowest BCUT2D eigenvalue weighted by Crippen LogP contribution is -2.30. The zero-order valence-corrected chi connectivity index (χ0v) is 13.9. The van der Waals surface area contributed by atoms with Crippen LogP contribution >= 0.6 is 0 Å². The summed E-state index contributed by atoms with van der Waals surface area (Å²) in [6.07, 6.45) is -0.775. The number of nitro groups is 1. The molecule has 2 aromatic carbocycles. The van der Waals surface area contributed by atoms with Gasteiger partial charge in [0.05, 0.1) is 16.2 Å². The maximum Gasteiger partial charge on any atom is 0.387 e. The third-order valence-corrected chi connectivity index (χ3v) is 3.37. The molecule has 0 aromatic heterocycles. The lowest BCUT2D eigenvalue weighted by molar-refractivity contribution is -0.384. The van der Waals surface area contributed by atoms with Gasteiger partial charge in [-0.25, -0.2) is 0 Å². The van der Waals surface area contributed by atoms with E-state index in [0.29, 0.717) is 6.29 Å². The highest BCUT2D eigenvalue weighted by Gasteiger charge is 2.20. The highest BCUT2D eigenvalue weighted by atomic mass is 19.3. The summed E-state index contributed by atoms with van der Waals surface area (Å²) in [6, 6.07) is 8.93. The van der Waals surface area contributed by atoms with E-state index in [0.717, 1.165) is 12.1 Å². The van der Waals surface area contributed by atoms with Crippen LogP contribution < -0.4 is 14.8 Å². The van der Waals surface area contributed by atoms with Crippen LogP contribution in [0.1, 0.15) is 17.3 Å². The zero-order valence-electron chi connectivity index (χ0n) is 13.9. The minimum atomic E-state index is -3.06. The third-order valence-electron chi connectivity index (χ3n) is 3.37. The minimum absolute atomic E-state index is 0.0116. The zero-order chi connectivity index (χ0) is 20.0. The van der Waals surface area contributed by atoms with Gasteiger partial charge in [0.2, 0.25) is 0 Å². The highest BCUT2D eigenvalue weighted by molar-refractivity contribution is 5.95. The lowest BCUT2D eigenvalue weighted by atomic mass is 10.2. The van der Waals surface area contributed by atoms with E-state index >= 15 is 0 Å². The van der Waals surface area contributed by atoms with Crippen molar-refractivity contribution >= 4 is 23.6 Å². The number of nitrogens with one attached hydrogen (secondary N) is 1. The van der Waals surface area contributed by atoms with Gasteiger partial charge < -0.3 is 14.8 Å². The average molecular weight is 380 g/mol. The minimum Gasteiger partial charge on any atom is -0.480 e. The molecule has 0 fully saturated rings. The number of ether oxygens (including phenoxy) is 2. The number of nitrogens with zero attached hydrogens (tertiary/aromatic N) is 1. The number of hydrogen-bond acceptors (Lipinski definition) is 6. The number of benzene rings is 2. The number of amides is 1. The molecular formula is C17H14F2N2O6. The van der Waals surface area contributed by atoms with Gasteiger partial charge >= 0.3 is 6.61 Å². The monoisotopic (exact) mass is 380 g/mol. The summed E-state index contributed by atoms with van der Waals surface area (Å²) in [5, 5.41) is 13.1. The molecule has 1 amide bonds. The van der Waals surface area contributed by atoms with Crippen molar-refractivity contribution in [1.29, 1.82) is 0 Å². The molecule has 0 heterocycles. The molecule has 1 N–H and O–H groups in total. The Bertz CT molecular complexity index is 859. The maximum atomic E-state index is 12.4. The van der Waals surface area contributed by atoms with E-state index in [1.54, 1.807) is 0 Å². The Morgan fingerprint density at radius 3 is 2.52 bits per heavy atom. The molecule has 0 saturated carbocycles. The summed E-state index contributed by atoms with van der Waals surface area (Å²) in [4.78, 5) is 33.4. The van der Waals surface area contributed by atoms with E-state index in [9.17, 15) is 28.5 Å². The van der Waals surface area contributed by atoms with Crippen LogP contribution in [0.4, 0.5) is 20.2 Å². The highest BCUT2D eigenvalue weighted by Crippen LogP contribution is 2.27. The van der Waals surface area contributed by atoms with Crippen molar-refractivity contribution in [2.45, 2.75) is 19.6 Å². The number of carbonyl (C=O) groups is 2. The molecule has 0 spiro atoms. The van der Waals surface area contributed by atoms with Gasteiger partial charge in [-0.05, 0) is 25.1 Å². The predicted octanol–water partition coefficient (Wildman–Crippen LogP) is 3.41. The predicted molar refractivity (Wildman–Crippen MR) is 90.3 cm³/mol. The fourth-order valence-electron chi connectivity index (χ4n) is 2.10. The molecule has 10 heteroatoms. The molecule has 2 rings (SSSR count). The number of para-hydroxylation sites is 2. The van der Waals surface area contributed by atoms with Gasteiger partial charge in [-0.15, -0.1) is 0 Å². The first kappa shape index (κ1) is 19.8. The summed E-state index contributed by atoms with van der Waals surface area (Å²) in [5.74, 6) is -0.956. The van der Waals surface area contributed by atoms with Gasteiger partial charge in [-0.1, -0.05) is 12.1 Å². The Kier molecular flexibility index (Phi) is 6.36. The Balaban J connectivity index is 2.13. The summed E-state index contributed by atoms with van der Waals surface area (Å²) in [6.45, 7) is -1.70. The molecule has 0 bridgehead atoms. The quantitative estimate of drug-likeness (QED) is 0.427. The van der Waals surface area contributed by atoms with Crippen molar-refractivity contribution in [2.24, 2.45) is 0 Å². The molecule has 0 aliphatic rings. The molecule has 1 atom stereocenters. The molecule has 27 heavy (non-hydrogen) atoms. The smallest absolute Gasteiger partial charge is 0.387 e. The molecule has 8 nitrogen and oxygen atoms in total. The molecule has 0 aliphatic heterocycles. The molecule has 0 saturated heterocycles. The van der Waals surface area contributed by atoms with Crippen molar-refractivity contribution in [3.63, 3.8) is 0 Å². The second-order valence-electron chi connectivity index (χ2n) is 5.22. The van der Waals surface area contributed by atoms with E-state index in [4.69, 9.17) is 4.74 Å². The van der Waals surface area contributed by atoms with Gasteiger partial charge in [0, 0.05) is 12.1 Å². The number of alkyl halides is 2. The van der Waals surface area contributed by atoms with Gasteiger partial charge in [0.25, 0.3) is 11.6 Å². The summed E-state index contributed by atoms with van der Waals surface area (Å²) < 4.78 is 34.5. The molecule has 0 radical (unpaired) electrons. The number of anilines is 1. The van der Waals surface area contributed by atoms with Crippen LogP contribution in [0.15, 0.2) is 42.5 Å². The first-order valence-electron chi connectivity index (χ1n) is 7.56. The number of non-ortho nitro benzene ring substituents is 1. The van der Waals surface area contributed by atoms with E-state index in [-0.39, 0.29) is 28.4 Å². The third kappa shape index (κ3) is 5.21. The fourth-order valence-corrected chi connectivity index (χ4v) is 2.10. The standard InChI is InChI=1S/C17H14F2N2O6/c1-10(26-14-7-6-12(21(24)25)8-11(14)9-22)16(23)20-13-4-2-3-5-15(13)27-17(18)19/h2-10,17H,1H3,(H,20,23)/t10-/m0/s1. The van der Waals surface area contributed by atoms with Crippen LogP contribution in [0, 0.1) is 10.1 Å². The van der Waals surface area contributed by atoms with Gasteiger partial charge in [-0.3, -0.25) is 19.7 Å². The normalized spacial score (nSPS) is 11.6. The van der Waals surface area contributed by atoms with Crippen LogP contribution in [-0.4, -0.2) is 29.8 Å². The van der Waals surface area contributed by atoms with Gasteiger partial charge in [-0.2, -0.15) is 8.78 Å². The molecule has 0 unspecified atom stereocenters. The molecule has 0 aliphatic carbocycles. The number of carbonyl (C=O) groups excluding carboxylic acids is 2. The molecule has 2 aromatic rings. The first-order chi connectivity index (χ1) is 12.8. The van der Waals surface area contributed by atoms with Crippen LogP contribution in [0.2, 0.25) is 0 Å². The Labute approximate surface area is 151 Å². The number of nitro benzene ring substituents is 1. The lowest BCUT2D eigenvalue weighted by Gasteiger charge is -2.17.